The lowest BCUT2D eigenvalue weighted by Crippen LogP contribution is -2.34. The van der Waals surface area contributed by atoms with Gasteiger partial charge in [-0.1, -0.05) is 0 Å². The summed E-state index contributed by atoms with van der Waals surface area (Å²) in [7, 11) is 0. The zero-order valence-corrected chi connectivity index (χ0v) is 16.4. The van der Waals surface area contributed by atoms with E-state index in [0.717, 1.165) is 0 Å². The second-order valence-corrected chi connectivity index (χ2v) is 5.78. The Morgan fingerprint density at radius 3 is 1.66 bits per heavy atom. The molecular formula is C21H24N2O6. The Bertz CT molecular complexity index is 818. The quantitative estimate of drug-likeness (QED) is 0.381. The van der Waals surface area contributed by atoms with E-state index in [1.807, 2.05) is 6.92 Å². The predicted molar refractivity (Wildman–Crippen MR) is 106 cm³/mol. The largest absolute Gasteiger partial charge is 0.513 e. The molecule has 154 valence electrons. The van der Waals surface area contributed by atoms with Gasteiger partial charge in [-0.2, -0.15) is 0 Å². The molecule has 2 aromatic carbocycles. The molecular weight excluding hydrogens is 376 g/mol. The Hall–Kier alpha value is -3.55. The van der Waals surface area contributed by atoms with E-state index in [2.05, 4.69) is 15.4 Å². The average molecular weight is 400 g/mol. The molecule has 2 rings (SSSR count). The molecule has 0 bridgehead atoms. The third-order valence-corrected chi connectivity index (χ3v) is 3.70. The third-order valence-electron chi connectivity index (χ3n) is 3.70. The van der Waals surface area contributed by atoms with Gasteiger partial charge in [0.05, 0.1) is 13.2 Å². The van der Waals surface area contributed by atoms with Gasteiger partial charge in [-0.15, -0.1) is 0 Å². The maximum Gasteiger partial charge on any atom is 0.513 e. The summed E-state index contributed by atoms with van der Waals surface area (Å²) in [6.45, 7) is 4.89. The first-order chi connectivity index (χ1) is 14.0. The van der Waals surface area contributed by atoms with Crippen LogP contribution in [0.4, 0.5) is 4.79 Å². The molecule has 0 aliphatic carbocycles. The number of hydrogen-bond acceptors (Lipinski definition) is 6. The Balaban J connectivity index is 1.73. The number of carbonyl (C=O) groups excluding carboxylic acids is 3. The normalized spacial score (nSPS) is 10.0. The standard InChI is InChI=1S/C21H24N2O6/c1-3-27-17-9-5-15(6-10-17)19(24)22-13-14-23-20(25)16-7-11-18(12-8-16)29-21(26)28-4-2/h5-12H,3-4,13-14H2,1-2H3,(H,22,24)(H,23,25). The van der Waals surface area contributed by atoms with Crippen LogP contribution in [0.25, 0.3) is 0 Å². The van der Waals surface area contributed by atoms with Gasteiger partial charge in [0, 0.05) is 24.2 Å². The van der Waals surface area contributed by atoms with E-state index in [1.54, 1.807) is 31.2 Å². The van der Waals surface area contributed by atoms with Crippen LogP contribution in [-0.2, 0) is 4.74 Å². The first-order valence-corrected chi connectivity index (χ1v) is 9.27. The van der Waals surface area contributed by atoms with Gasteiger partial charge in [-0.3, -0.25) is 9.59 Å². The van der Waals surface area contributed by atoms with Crippen LogP contribution in [0.15, 0.2) is 48.5 Å². The van der Waals surface area contributed by atoms with E-state index < -0.39 is 6.16 Å². The molecule has 0 radical (unpaired) electrons. The minimum atomic E-state index is -0.798. The van der Waals surface area contributed by atoms with Gasteiger partial charge in [-0.25, -0.2) is 4.79 Å². The zero-order chi connectivity index (χ0) is 21.1. The molecule has 2 aromatic rings. The second-order valence-electron chi connectivity index (χ2n) is 5.78. The van der Waals surface area contributed by atoms with Crippen molar-refractivity contribution in [3.05, 3.63) is 59.7 Å². The van der Waals surface area contributed by atoms with Crippen molar-refractivity contribution in [2.45, 2.75) is 13.8 Å². The SMILES string of the molecule is CCOC(=O)Oc1ccc(C(=O)NCCNC(=O)c2ccc(OCC)cc2)cc1. The molecule has 0 fully saturated rings. The maximum absolute atomic E-state index is 12.1. The zero-order valence-electron chi connectivity index (χ0n) is 16.4. The van der Waals surface area contributed by atoms with Crippen molar-refractivity contribution in [1.82, 2.24) is 10.6 Å². The number of ether oxygens (including phenoxy) is 3. The van der Waals surface area contributed by atoms with E-state index in [9.17, 15) is 14.4 Å². The second kappa shape index (κ2) is 11.3. The van der Waals surface area contributed by atoms with Gasteiger partial charge in [-0.05, 0) is 62.4 Å². The van der Waals surface area contributed by atoms with Crippen molar-refractivity contribution in [2.75, 3.05) is 26.3 Å². The van der Waals surface area contributed by atoms with Gasteiger partial charge in [0.1, 0.15) is 11.5 Å². The average Bonchev–Trinajstić information content (AvgIpc) is 2.72. The van der Waals surface area contributed by atoms with E-state index in [4.69, 9.17) is 9.47 Å². The molecule has 0 aliphatic heterocycles. The highest BCUT2D eigenvalue weighted by atomic mass is 16.7. The molecule has 0 saturated heterocycles. The van der Waals surface area contributed by atoms with Crippen LogP contribution < -0.4 is 20.1 Å². The highest BCUT2D eigenvalue weighted by molar-refractivity contribution is 5.95. The van der Waals surface area contributed by atoms with Gasteiger partial charge in [0.2, 0.25) is 0 Å². The molecule has 0 atom stereocenters. The number of amides is 2. The maximum atomic E-state index is 12.1. The highest BCUT2D eigenvalue weighted by Crippen LogP contribution is 2.13. The molecule has 8 nitrogen and oxygen atoms in total. The van der Waals surface area contributed by atoms with Crippen LogP contribution in [0.1, 0.15) is 34.6 Å². The molecule has 29 heavy (non-hydrogen) atoms. The summed E-state index contributed by atoms with van der Waals surface area (Å²) >= 11 is 0. The molecule has 0 unspecified atom stereocenters. The molecule has 0 aliphatic rings. The van der Waals surface area contributed by atoms with Crippen molar-refractivity contribution in [1.29, 1.82) is 0 Å². The van der Waals surface area contributed by atoms with Gasteiger partial charge >= 0.3 is 6.16 Å². The molecule has 8 heteroatoms. The summed E-state index contributed by atoms with van der Waals surface area (Å²) in [5, 5.41) is 5.44. The highest BCUT2D eigenvalue weighted by Gasteiger charge is 2.09. The predicted octanol–water partition coefficient (Wildman–Crippen LogP) is 2.78. The van der Waals surface area contributed by atoms with Gasteiger partial charge < -0.3 is 24.8 Å². The van der Waals surface area contributed by atoms with E-state index in [-0.39, 0.29) is 37.3 Å². The topological polar surface area (TPSA) is 103 Å². The number of carbonyl (C=O) groups is 3. The minimum absolute atomic E-state index is 0.217. The summed E-state index contributed by atoms with van der Waals surface area (Å²) in [6, 6.07) is 12.9. The third kappa shape index (κ3) is 7.17. The molecule has 0 saturated carbocycles. The number of rotatable bonds is 9. The van der Waals surface area contributed by atoms with E-state index in [1.165, 1.54) is 24.3 Å². The fourth-order valence-electron chi connectivity index (χ4n) is 2.34. The first kappa shape index (κ1) is 21.7. The Kier molecular flexibility index (Phi) is 8.50. The van der Waals surface area contributed by atoms with E-state index in [0.29, 0.717) is 23.5 Å². The molecule has 0 heterocycles. The summed E-state index contributed by atoms with van der Waals surface area (Å²) in [5.74, 6) is 0.448. The molecule has 0 spiro atoms. The first-order valence-electron chi connectivity index (χ1n) is 9.27. The lowest BCUT2D eigenvalue weighted by Gasteiger charge is -2.09. The molecule has 2 amide bonds. The Labute approximate surface area is 169 Å². The number of nitrogens with one attached hydrogen (secondary N) is 2. The molecule has 2 N–H and O–H groups in total. The summed E-state index contributed by atoms with van der Waals surface area (Å²) in [6.07, 6.45) is -0.798. The van der Waals surface area contributed by atoms with Crippen molar-refractivity contribution < 1.29 is 28.6 Å². The van der Waals surface area contributed by atoms with E-state index >= 15 is 0 Å². The smallest absolute Gasteiger partial charge is 0.494 e. The minimum Gasteiger partial charge on any atom is -0.494 e. The molecule has 0 aromatic heterocycles. The van der Waals surface area contributed by atoms with Crippen LogP contribution in [0.5, 0.6) is 11.5 Å². The Morgan fingerprint density at radius 1 is 0.724 bits per heavy atom. The van der Waals surface area contributed by atoms with Crippen LogP contribution in [0.2, 0.25) is 0 Å². The van der Waals surface area contributed by atoms with Gasteiger partial charge in [0.25, 0.3) is 11.8 Å². The monoisotopic (exact) mass is 400 g/mol. The Morgan fingerprint density at radius 2 is 1.21 bits per heavy atom. The van der Waals surface area contributed by atoms with Crippen LogP contribution in [-0.4, -0.2) is 44.3 Å². The van der Waals surface area contributed by atoms with Gasteiger partial charge in [0.15, 0.2) is 0 Å². The number of hydrogen-bond donors (Lipinski definition) is 2. The fourth-order valence-corrected chi connectivity index (χ4v) is 2.34. The summed E-state index contributed by atoms with van der Waals surface area (Å²) < 4.78 is 14.9. The van der Waals surface area contributed by atoms with Crippen molar-refractivity contribution in [3.63, 3.8) is 0 Å². The lowest BCUT2D eigenvalue weighted by atomic mass is 10.2. The summed E-state index contributed by atoms with van der Waals surface area (Å²) in [5.41, 5.74) is 0.913. The fraction of sp³-hybridized carbons (Fsp3) is 0.286. The number of benzene rings is 2. The van der Waals surface area contributed by atoms with Crippen molar-refractivity contribution >= 4 is 18.0 Å². The van der Waals surface area contributed by atoms with Crippen LogP contribution in [0, 0.1) is 0 Å². The van der Waals surface area contributed by atoms with Crippen LogP contribution in [0.3, 0.4) is 0 Å². The van der Waals surface area contributed by atoms with Crippen molar-refractivity contribution in [3.8, 4) is 11.5 Å². The van der Waals surface area contributed by atoms with Crippen LogP contribution >= 0.6 is 0 Å². The van der Waals surface area contributed by atoms with Crippen molar-refractivity contribution in [2.24, 2.45) is 0 Å². The summed E-state index contributed by atoms with van der Waals surface area (Å²) in [4.78, 5) is 35.5. The lowest BCUT2D eigenvalue weighted by molar-refractivity contribution is 0.0927.